The van der Waals surface area contributed by atoms with Gasteiger partial charge in [-0.1, -0.05) is 18.2 Å². The first kappa shape index (κ1) is 21.1. The fourth-order valence-electron chi connectivity index (χ4n) is 5.13. The van der Waals surface area contributed by atoms with Gasteiger partial charge in [-0.05, 0) is 79.6 Å². The zero-order valence-corrected chi connectivity index (χ0v) is 18.4. The Kier molecular flexibility index (Phi) is 5.12. The molecule has 0 spiro atoms. The predicted molar refractivity (Wildman–Crippen MR) is 121 cm³/mol. The Balaban J connectivity index is 1.20. The molecule has 1 aliphatic heterocycles. The Morgan fingerprint density at radius 3 is 2.18 bits per heavy atom. The Labute approximate surface area is 191 Å². The summed E-state index contributed by atoms with van der Waals surface area (Å²) < 4.78 is 5.11. The summed E-state index contributed by atoms with van der Waals surface area (Å²) in [5.41, 5.74) is 3.48. The van der Waals surface area contributed by atoms with Crippen LogP contribution in [-0.2, 0) is 19.1 Å². The van der Waals surface area contributed by atoms with Gasteiger partial charge in [0.1, 0.15) is 0 Å². The number of carbonyl (C=O) groups excluding carboxylic acids is 4. The highest BCUT2D eigenvalue weighted by Gasteiger charge is 2.59. The van der Waals surface area contributed by atoms with Crippen molar-refractivity contribution in [2.24, 2.45) is 23.7 Å². The lowest BCUT2D eigenvalue weighted by atomic mass is 9.85. The van der Waals surface area contributed by atoms with Gasteiger partial charge >= 0.3 is 5.97 Å². The van der Waals surface area contributed by atoms with E-state index in [0.29, 0.717) is 11.4 Å². The van der Waals surface area contributed by atoms with Crippen LogP contribution in [0.5, 0.6) is 0 Å². The third kappa shape index (κ3) is 3.63. The number of benzene rings is 2. The molecule has 2 bridgehead atoms. The highest BCUT2D eigenvalue weighted by Crippen LogP contribution is 2.53. The molecule has 0 unspecified atom stereocenters. The Bertz CT molecular complexity index is 1170. The molecule has 2 aliphatic carbocycles. The van der Waals surface area contributed by atoms with Crippen molar-refractivity contribution < 1.29 is 23.9 Å². The van der Waals surface area contributed by atoms with E-state index < -0.39 is 18.5 Å². The van der Waals surface area contributed by atoms with Crippen molar-refractivity contribution >= 4 is 35.1 Å². The highest BCUT2D eigenvalue weighted by molar-refractivity contribution is 6.22. The lowest BCUT2D eigenvalue weighted by Gasteiger charge is -2.17. The van der Waals surface area contributed by atoms with Crippen LogP contribution in [0.25, 0.3) is 0 Å². The normalized spacial score (nSPS) is 24.8. The van der Waals surface area contributed by atoms with Crippen molar-refractivity contribution in [3.8, 4) is 0 Å². The molecule has 2 aromatic rings. The number of imide groups is 1. The van der Waals surface area contributed by atoms with Crippen LogP contribution in [0.2, 0.25) is 0 Å². The average Bonchev–Trinajstić information content (AvgIpc) is 3.48. The van der Waals surface area contributed by atoms with Crippen molar-refractivity contribution in [2.75, 3.05) is 16.8 Å². The molecule has 1 heterocycles. The van der Waals surface area contributed by atoms with Crippen LogP contribution >= 0.6 is 0 Å². The minimum Gasteiger partial charge on any atom is -0.452 e. The first-order valence-electron chi connectivity index (χ1n) is 11.0. The summed E-state index contributed by atoms with van der Waals surface area (Å²) in [5, 5.41) is 2.70. The Morgan fingerprint density at radius 2 is 1.58 bits per heavy atom. The second kappa shape index (κ2) is 7.99. The molecular weight excluding hydrogens is 420 g/mol. The van der Waals surface area contributed by atoms with Crippen molar-refractivity contribution in [1.82, 2.24) is 0 Å². The number of nitrogens with zero attached hydrogens (tertiary/aromatic N) is 1. The van der Waals surface area contributed by atoms with E-state index in [-0.39, 0.29) is 41.0 Å². The molecule has 33 heavy (non-hydrogen) atoms. The minimum absolute atomic E-state index is 0.144. The van der Waals surface area contributed by atoms with E-state index in [2.05, 4.69) is 17.5 Å². The van der Waals surface area contributed by atoms with Gasteiger partial charge in [-0.25, -0.2) is 4.79 Å². The maximum absolute atomic E-state index is 12.9. The molecule has 168 valence electrons. The van der Waals surface area contributed by atoms with Gasteiger partial charge in [0.25, 0.3) is 5.91 Å². The number of rotatable bonds is 5. The summed E-state index contributed by atoms with van der Waals surface area (Å²) in [6.07, 6.45) is 4.98. The molecule has 7 nitrogen and oxygen atoms in total. The van der Waals surface area contributed by atoms with Gasteiger partial charge in [-0.3, -0.25) is 19.3 Å². The van der Waals surface area contributed by atoms with E-state index in [1.54, 1.807) is 18.2 Å². The molecule has 0 aromatic heterocycles. The zero-order valence-electron chi connectivity index (χ0n) is 18.4. The molecule has 5 rings (SSSR count). The minimum atomic E-state index is -0.657. The number of amides is 3. The molecule has 3 amide bonds. The molecule has 3 aliphatic rings. The molecule has 1 saturated heterocycles. The summed E-state index contributed by atoms with van der Waals surface area (Å²) in [7, 11) is 0. The maximum atomic E-state index is 12.9. The summed E-state index contributed by atoms with van der Waals surface area (Å²) in [6.45, 7) is 3.51. The van der Waals surface area contributed by atoms with Gasteiger partial charge in [0.15, 0.2) is 6.61 Å². The second-order valence-electron chi connectivity index (χ2n) is 8.98. The fraction of sp³-hybridized carbons (Fsp3) is 0.308. The number of aryl methyl sites for hydroxylation is 2. The SMILES string of the molecule is Cc1ccc(NC(=O)COC(=O)c2ccc(N3C(=O)[C@H]4[C@H](C3=O)[C@H]3C=C[C@H]4C3)cc2)cc1C. The van der Waals surface area contributed by atoms with Crippen molar-refractivity contribution in [1.29, 1.82) is 0 Å². The van der Waals surface area contributed by atoms with Gasteiger partial charge in [0.2, 0.25) is 11.8 Å². The van der Waals surface area contributed by atoms with Crippen LogP contribution in [-0.4, -0.2) is 30.3 Å². The van der Waals surface area contributed by atoms with Gasteiger partial charge in [-0.15, -0.1) is 0 Å². The number of carbonyl (C=O) groups is 4. The summed E-state index contributed by atoms with van der Waals surface area (Å²) in [4.78, 5) is 51.5. The van der Waals surface area contributed by atoms with Crippen molar-refractivity contribution in [3.05, 3.63) is 71.3 Å². The van der Waals surface area contributed by atoms with Crippen LogP contribution < -0.4 is 10.2 Å². The highest BCUT2D eigenvalue weighted by atomic mass is 16.5. The van der Waals surface area contributed by atoms with Crippen LogP contribution in [0, 0.1) is 37.5 Å². The zero-order chi connectivity index (χ0) is 23.3. The number of hydrogen-bond acceptors (Lipinski definition) is 5. The number of allylic oxidation sites excluding steroid dienone is 2. The van der Waals surface area contributed by atoms with E-state index in [9.17, 15) is 19.2 Å². The van der Waals surface area contributed by atoms with Gasteiger partial charge in [0, 0.05) is 5.69 Å². The summed E-state index contributed by atoms with van der Waals surface area (Å²) in [5.74, 6) is -1.68. The quantitative estimate of drug-likeness (QED) is 0.433. The lowest BCUT2D eigenvalue weighted by Crippen LogP contribution is -2.32. The first-order valence-corrected chi connectivity index (χ1v) is 11.0. The largest absolute Gasteiger partial charge is 0.452 e. The summed E-state index contributed by atoms with van der Waals surface area (Å²) >= 11 is 0. The monoisotopic (exact) mass is 444 g/mol. The predicted octanol–water partition coefficient (Wildman–Crippen LogP) is 3.41. The van der Waals surface area contributed by atoms with E-state index in [1.165, 1.54) is 17.0 Å². The van der Waals surface area contributed by atoms with E-state index in [1.807, 2.05) is 26.0 Å². The van der Waals surface area contributed by atoms with Crippen LogP contribution in [0.1, 0.15) is 27.9 Å². The molecule has 2 aromatic carbocycles. The average molecular weight is 444 g/mol. The number of anilines is 2. The topological polar surface area (TPSA) is 92.8 Å². The molecular formula is C26H24N2O5. The number of hydrogen-bond donors (Lipinski definition) is 1. The van der Waals surface area contributed by atoms with Crippen LogP contribution in [0.3, 0.4) is 0 Å². The van der Waals surface area contributed by atoms with Gasteiger partial charge in [-0.2, -0.15) is 0 Å². The number of esters is 1. The van der Waals surface area contributed by atoms with Crippen LogP contribution in [0.15, 0.2) is 54.6 Å². The third-order valence-electron chi connectivity index (χ3n) is 6.96. The van der Waals surface area contributed by atoms with E-state index in [0.717, 1.165) is 17.5 Å². The fourth-order valence-corrected chi connectivity index (χ4v) is 5.13. The first-order chi connectivity index (χ1) is 15.8. The standard InChI is InChI=1S/C26H24N2O5/c1-14-3-8-19(11-15(14)2)27-21(29)13-33-26(32)16-6-9-20(10-7-16)28-24(30)22-17-4-5-18(12-17)23(22)25(28)31/h3-11,17-18,22-23H,12-13H2,1-2H3,(H,27,29)/t17-,18-,22+,23+/m0/s1. The van der Waals surface area contributed by atoms with Crippen molar-refractivity contribution in [3.63, 3.8) is 0 Å². The van der Waals surface area contributed by atoms with Crippen LogP contribution in [0.4, 0.5) is 11.4 Å². The number of ether oxygens (including phenoxy) is 1. The third-order valence-corrected chi connectivity index (χ3v) is 6.96. The van der Waals surface area contributed by atoms with Crippen molar-refractivity contribution in [2.45, 2.75) is 20.3 Å². The second-order valence-corrected chi connectivity index (χ2v) is 8.98. The summed E-state index contributed by atoms with van der Waals surface area (Å²) in [6, 6.07) is 11.7. The Morgan fingerprint density at radius 1 is 0.939 bits per heavy atom. The molecule has 2 fully saturated rings. The van der Waals surface area contributed by atoms with Gasteiger partial charge in [0.05, 0.1) is 23.1 Å². The number of fused-ring (bicyclic) bond motifs is 5. The molecule has 4 atom stereocenters. The van der Waals surface area contributed by atoms with E-state index >= 15 is 0 Å². The Hall–Kier alpha value is -3.74. The smallest absolute Gasteiger partial charge is 0.338 e. The van der Waals surface area contributed by atoms with Gasteiger partial charge < -0.3 is 10.1 Å². The molecule has 0 radical (unpaired) electrons. The lowest BCUT2D eigenvalue weighted by molar-refractivity contribution is -0.123. The number of nitrogens with one attached hydrogen (secondary N) is 1. The maximum Gasteiger partial charge on any atom is 0.338 e. The van der Waals surface area contributed by atoms with E-state index in [4.69, 9.17) is 4.74 Å². The molecule has 1 saturated carbocycles. The molecule has 7 heteroatoms. The molecule has 1 N–H and O–H groups in total.